The second kappa shape index (κ2) is 7.53. The van der Waals surface area contributed by atoms with Crippen LogP contribution in [0.2, 0.25) is 0 Å². The molecule has 1 aromatic carbocycles. The minimum absolute atomic E-state index is 0.00971. The molecule has 0 bridgehead atoms. The largest absolute Gasteiger partial charge is 0.493 e. The Morgan fingerprint density at radius 2 is 2.17 bits per heavy atom. The highest BCUT2D eigenvalue weighted by Gasteiger charge is 2.13. The first kappa shape index (κ1) is 14.3. The van der Waals surface area contributed by atoms with Crippen molar-refractivity contribution in [2.45, 2.75) is 32.6 Å². The fraction of sp³-hybridized carbons (Fsp3) is 0.462. The molecule has 4 nitrogen and oxygen atoms in total. The van der Waals surface area contributed by atoms with Crippen molar-refractivity contribution >= 4 is 5.84 Å². The Kier molecular flexibility index (Phi) is 5.97. The van der Waals surface area contributed by atoms with E-state index in [-0.39, 0.29) is 11.4 Å². The minimum Gasteiger partial charge on any atom is -0.493 e. The molecule has 0 aliphatic carbocycles. The maximum Gasteiger partial charge on any atom is 0.176 e. The lowest BCUT2D eigenvalue weighted by Crippen LogP contribution is -2.17. The zero-order valence-corrected chi connectivity index (χ0v) is 10.5. The molecule has 0 amide bonds. The summed E-state index contributed by atoms with van der Waals surface area (Å²) in [4.78, 5) is 0. The summed E-state index contributed by atoms with van der Waals surface area (Å²) in [5, 5.41) is 11.4. The SMILES string of the molecule is CCCCCCOc1cccc(F)c1C(N)=NO. The average molecular weight is 254 g/mol. The number of rotatable bonds is 7. The Morgan fingerprint density at radius 1 is 1.39 bits per heavy atom. The van der Waals surface area contributed by atoms with Gasteiger partial charge in [-0.3, -0.25) is 0 Å². The van der Waals surface area contributed by atoms with E-state index < -0.39 is 5.82 Å². The molecule has 0 unspecified atom stereocenters. The first-order chi connectivity index (χ1) is 8.70. The second-order valence-corrected chi connectivity index (χ2v) is 4.01. The fourth-order valence-corrected chi connectivity index (χ4v) is 1.63. The predicted molar refractivity (Wildman–Crippen MR) is 68.5 cm³/mol. The van der Waals surface area contributed by atoms with Gasteiger partial charge in [-0.1, -0.05) is 37.4 Å². The Morgan fingerprint density at radius 3 is 2.83 bits per heavy atom. The Labute approximate surface area is 106 Å². The number of oxime groups is 1. The molecule has 0 fully saturated rings. The number of ether oxygens (including phenoxy) is 1. The van der Waals surface area contributed by atoms with Gasteiger partial charge in [-0.15, -0.1) is 0 Å². The summed E-state index contributed by atoms with van der Waals surface area (Å²) in [7, 11) is 0. The van der Waals surface area contributed by atoms with Gasteiger partial charge in [0.1, 0.15) is 11.6 Å². The number of amidine groups is 1. The third kappa shape index (κ3) is 3.91. The van der Waals surface area contributed by atoms with Gasteiger partial charge >= 0.3 is 0 Å². The molecule has 0 saturated carbocycles. The van der Waals surface area contributed by atoms with Crippen molar-refractivity contribution in [3.8, 4) is 5.75 Å². The number of benzene rings is 1. The van der Waals surface area contributed by atoms with Crippen molar-refractivity contribution < 1.29 is 14.3 Å². The van der Waals surface area contributed by atoms with Crippen LogP contribution in [0, 0.1) is 5.82 Å². The van der Waals surface area contributed by atoms with Crippen LogP contribution in [0.4, 0.5) is 4.39 Å². The van der Waals surface area contributed by atoms with E-state index in [1.807, 2.05) is 0 Å². The highest BCUT2D eigenvalue weighted by molar-refractivity contribution is 5.99. The van der Waals surface area contributed by atoms with Gasteiger partial charge < -0.3 is 15.7 Å². The molecule has 0 saturated heterocycles. The lowest BCUT2D eigenvalue weighted by molar-refractivity contribution is 0.300. The lowest BCUT2D eigenvalue weighted by atomic mass is 10.1. The van der Waals surface area contributed by atoms with Gasteiger partial charge in [0.2, 0.25) is 0 Å². The van der Waals surface area contributed by atoms with Crippen molar-refractivity contribution in [1.82, 2.24) is 0 Å². The van der Waals surface area contributed by atoms with Crippen molar-refractivity contribution in [3.05, 3.63) is 29.6 Å². The van der Waals surface area contributed by atoms with Crippen molar-refractivity contribution in [3.63, 3.8) is 0 Å². The molecule has 0 aliphatic rings. The lowest BCUT2D eigenvalue weighted by Gasteiger charge is -2.11. The predicted octanol–water partition coefficient (Wildman–Crippen LogP) is 2.88. The standard InChI is InChI=1S/C13H19FN2O2/c1-2-3-4-5-9-18-11-8-6-7-10(14)12(11)13(15)16-17/h6-8,17H,2-5,9H2,1H3,(H2,15,16). The number of hydrogen-bond acceptors (Lipinski definition) is 3. The van der Waals surface area contributed by atoms with E-state index in [0.29, 0.717) is 12.4 Å². The van der Waals surface area contributed by atoms with Crippen LogP contribution < -0.4 is 10.5 Å². The number of nitrogens with two attached hydrogens (primary N) is 1. The molecular weight excluding hydrogens is 235 g/mol. The molecule has 3 N–H and O–H groups in total. The van der Waals surface area contributed by atoms with Crippen molar-refractivity contribution in [1.29, 1.82) is 0 Å². The van der Waals surface area contributed by atoms with Crippen LogP contribution in [-0.2, 0) is 0 Å². The van der Waals surface area contributed by atoms with Gasteiger partial charge in [-0.2, -0.15) is 0 Å². The summed E-state index contributed by atoms with van der Waals surface area (Å²) in [6, 6.07) is 4.39. The third-order valence-corrected chi connectivity index (χ3v) is 2.59. The summed E-state index contributed by atoms with van der Waals surface area (Å²) >= 11 is 0. The number of hydrogen-bond donors (Lipinski definition) is 2. The zero-order chi connectivity index (χ0) is 13.4. The van der Waals surface area contributed by atoms with Crippen LogP contribution in [0.1, 0.15) is 38.2 Å². The summed E-state index contributed by atoms with van der Waals surface area (Å²) < 4.78 is 19.0. The first-order valence-electron chi connectivity index (χ1n) is 6.10. The van der Waals surface area contributed by atoms with Gasteiger partial charge in [-0.25, -0.2) is 4.39 Å². The van der Waals surface area contributed by atoms with E-state index >= 15 is 0 Å². The second-order valence-electron chi connectivity index (χ2n) is 4.01. The molecule has 0 atom stereocenters. The summed E-state index contributed by atoms with van der Waals surface area (Å²) in [6.45, 7) is 2.62. The van der Waals surface area contributed by atoms with E-state index in [4.69, 9.17) is 15.7 Å². The van der Waals surface area contributed by atoms with Crippen LogP contribution in [0.5, 0.6) is 5.75 Å². The van der Waals surface area contributed by atoms with Gasteiger partial charge in [0.15, 0.2) is 5.84 Å². The molecule has 0 aromatic heterocycles. The fourth-order valence-electron chi connectivity index (χ4n) is 1.63. The average Bonchev–Trinajstić information content (AvgIpc) is 2.38. The number of halogens is 1. The van der Waals surface area contributed by atoms with E-state index in [2.05, 4.69) is 12.1 Å². The number of unbranched alkanes of at least 4 members (excludes halogenated alkanes) is 3. The van der Waals surface area contributed by atoms with Crippen LogP contribution in [0.3, 0.4) is 0 Å². The monoisotopic (exact) mass is 254 g/mol. The van der Waals surface area contributed by atoms with Crippen LogP contribution >= 0.6 is 0 Å². The van der Waals surface area contributed by atoms with Crippen molar-refractivity contribution in [2.75, 3.05) is 6.61 Å². The Hall–Kier alpha value is -1.78. The molecule has 0 heterocycles. The summed E-state index contributed by atoms with van der Waals surface area (Å²) in [6.07, 6.45) is 4.28. The maximum absolute atomic E-state index is 13.6. The number of nitrogens with zero attached hydrogens (tertiary/aromatic N) is 1. The van der Waals surface area contributed by atoms with E-state index in [1.165, 1.54) is 12.1 Å². The molecule has 5 heteroatoms. The Bertz CT molecular complexity index is 408. The van der Waals surface area contributed by atoms with Gasteiger partial charge in [0, 0.05) is 0 Å². The highest BCUT2D eigenvalue weighted by atomic mass is 19.1. The quantitative estimate of drug-likeness (QED) is 0.258. The normalized spacial score (nSPS) is 11.6. The maximum atomic E-state index is 13.6. The van der Waals surface area contributed by atoms with Crippen LogP contribution in [-0.4, -0.2) is 17.6 Å². The molecule has 0 aliphatic heterocycles. The smallest absolute Gasteiger partial charge is 0.176 e. The van der Waals surface area contributed by atoms with Gasteiger partial charge in [0.05, 0.1) is 12.2 Å². The topological polar surface area (TPSA) is 67.8 Å². The van der Waals surface area contributed by atoms with Gasteiger partial charge in [0.25, 0.3) is 0 Å². The zero-order valence-electron chi connectivity index (χ0n) is 10.5. The van der Waals surface area contributed by atoms with Crippen LogP contribution in [0.15, 0.2) is 23.4 Å². The molecule has 18 heavy (non-hydrogen) atoms. The molecule has 1 aromatic rings. The van der Waals surface area contributed by atoms with E-state index in [0.717, 1.165) is 25.7 Å². The summed E-state index contributed by atoms with van der Waals surface area (Å²) in [5.74, 6) is -0.533. The molecule has 0 radical (unpaired) electrons. The highest BCUT2D eigenvalue weighted by Crippen LogP contribution is 2.21. The van der Waals surface area contributed by atoms with E-state index in [1.54, 1.807) is 6.07 Å². The van der Waals surface area contributed by atoms with Crippen LogP contribution in [0.25, 0.3) is 0 Å². The molecular formula is C13H19FN2O2. The molecule has 1 rings (SSSR count). The third-order valence-electron chi connectivity index (χ3n) is 2.59. The molecule has 0 spiro atoms. The molecule has 100 valence electrons. The minimum atomic E-state index is -0.559. The van der Waals surface area contributed by atoms with Gasteiger partial charge in [-0.05, 0) is 18.6 Å². The Balaban J connectivity index is 2.67. The van der Waals surface area contributed by atoms with E-state index in [9.17, 15) is 4.39 Å². The summed E-state index contributed by atoms with van der Waals surface area (Å²) in [5.41, 5.74) is 5.44. The van der Waals surface area contributed by atoms with Crippen molar-refractivity contribution in [2.24, 2.45) is 10.9 Å². The first-order valence-corrected chi connectivity index (χ1v) is 6.10.